The molecule has 62 valence electrons. The summed E-state index contributed by atoms with van der Waals surface area (Å²) in [4.78, 5) is -0.0966. The molecule has 0 spiro atoms. The topological polar surface area (TPSA) is 54.4 Å². The van der Waals surface area contributed by atoms with Crippen molar-refractivity contribution in [1.82, 2.24) is 0 Å². The quantitative estimate of drug-likeness (QED) is 0.616. The molecule has 0 radical (unpaired) electrons. The van der Waals surface area contributed by atoms with Gasteiger partial charge in [0.2, 0.25) is 0 Å². The van der Waals surface area contributed by atoms with Crippen LogP contribution in [-0.4, -0.2) is 64.4 Å². The van der Waals surface area contributed by atoms with Gasteiger partial charge in [-0.05, 0) is 24.3 Å². The number of halogens is 1. The van der Waals surface area contributed by atoms with Crippen LogP contribution in [0.15, 0.2) is 33.6 Å². The van der Waals surface area contributed by atoms with Crippen molar-refractivity contribution in [3.63, 3.8) is 0 Å². The summed E-state index contributed by atoms with van der Waals surface area (Å²) in [7, 11) is -4.04. The van der Waals surface area contributed by atoms with Crippen molar-refractivity contribution in [2.75, 3.05) is 0 Å². The van der Waals surface area contributed by atoms with Crippen molar-refractivity contribution in [1.29, 1.82) is 0 Å². The fourth-order valence-corrected chi connectivity index (χ4v) is 1.35. The van der Waals surface area contributed by atoms with Crippen molar-refractivity contribution in [3.8, 4) is 0 Å². The Balaban J connectivity index is 0.00000121. The summed E-state index contributed by atoms with van der Waals surface area (Å²) in [6.07, 6.45) is 0. The predicted octanol–water partition coefficient (Wildman–Crippen LogP) is 1.05. The summed E-state index contributed by atoms with van der Waals surface area (Å²) in [6.45, 7) is 0. The molecule has 1 rings (SSSR count). The molecule has 0 saturated carbocycles. The van der Waals surface area contributed by atoms with Crippen LogP contribution < -0.4 is 0 Å². The summed E-state index contributed by atoms with van der Waals surface area (Å²) in [5, 5.41) is 0. The van der Waals surface area contributed by atoms with E-state index in [2.05, 4.69) is 15.9 Å². The molecule has 0 fully saturated rings. The van der Waals surface area contributed by atoms with E-state index in [4.69, 9.17) is 4.55 Å². The van der Waals surface area contributed by atoms with Gasteiger partial charge in [-0.2, -0.15) is 8.42 Å². The van der Waals surface area contributed by atoms with Gasteiger partial charge in [0.25, 0.3) is 10.1 Å². The second-order valence-electron chi connectivity index (χ2n) is 1.93. The van der Waals surface area contributed by atoms with Gasteiger partial charge in [-0.25, -0.2) is 0 Å². The molecule has 0 aromatic heterocycles. The molecule has 0 aliphatic carbocycles. The second-order valence-corrected chi connectivity index (χ2v) is 4.27. The van der Waals surface area contributed by atoms with Crippen LogP contribution in [0.25, 0.3) is 0 Å². The van der Waals surface area contributed by atoms with E-state index < -0.39 is 10.1 Å². The van der Waals surface area contributed by atoms with Gasteiger partial charge >= 0.3 is 51.4 Å². The fraction of sp³-hybridized carbons (Fsp3) is 0. The Morgan fingerprint density at radius 2 is 1.58 bits per heavy atom. The van der Waals surface area contributed by atoms with Crippen LogP contribution in [0, 0.1) is 0 Å². The predicted molar refractivity (Wildman–Crippen MR) is 51.1 cm³/mol. The summed E-state index contributed by atoms with van der Waals surface area (Å²) < 4.78 is 30.3. The van der Waals surface area contributed by atoms with E-state index in [0.29, 0.717) is 0 Å². The van der Waals surface area contributed by atoms with E-state index in [-0.39, 0.29) is 56.3 Å². The van der Waals surface area contributed by atoms with Crippen LogP contribution in [0.3, 0.4) is 0 Å². The molecular weight excluding hydrogens is 271 g/mol. The molecular formula is C6H6BrKO3S. The Hall–Kier alpha value is 1.25. The Bertz CT molecular complexity index is 346. The molecule has 0 bridgehead atoms. The van der Waals surface area contributed by atoms with E-state index in [9.17, 15) is 8.42 Å². The first-order chi connectivity index (χ1) is 5.00. The molecule has 0 amide bonds. The van der Waals surface area contributed by atoms with Gasteiger partial charge < -0.3 is 0 Å². The molecule has 1 aromatic carbocycles. The molecule has 0 atom stereocenters. The van der Waals surface area contributed by atoms with Crippen molar-refractivity contribution >= 4 is 77.4 Å². The van der Waals surface area contributed by atoms with E-state index in [1.807, 2.05) is 0 Å². The van der Waals surface area contributed by atoms with Crippen LogP contribution >= 0.6 is 15.9 Å². The zero-order valence-electron chi connectivity index (χ0n) is 5.36. The minimum absolute atomic E-state index is 0. The van der Waals surface area contributed by atoms with Gasteiger partial charge in [0.15, 0.2) is 0 Å². The number of rotatable bonds is 1. The molecule has 0 heterocycles. The monoisotopic (exact) mass is 276 g/mol. The van der Waals surface area contributed by atoms with Crippen LogP contribution in [-0.2, 0) is 10.1 Å². The number of benzene rings is 1. The van der Waals surface area contributed by atoms with Gasteiger partial charge in [0, 0.05) is 4.47 Å². The number of hydrogen-bond acceptors (Lipinski definition) is 2. The maximum absolute atomic E-state index is 10.5. The minimum atomic E-state index is -4.04. The van der Waals surface area contributed by atoms with Crippen molar-refractivity contribution in [3.05, 3.63) is 28.7 Å². The molecule has 0 unspecified atom stereocenters. The average molecular weight is 277 g/mol. The van der Waals surface area contributed by atoms with Crippen LogP contribution in [0.1, 0.15) is 0 Å². The SMILES string of the molecule is O=S(=O)(O)c1ccc(Br)cc1.[KH]. The van der Waals surface area contributed by atoms with Gasteiger partial charge in [0.1, 0.15) is 0 Å². The maximum atomic E-state index is 10.5. The fourth-order valence-electron chi connectivity index (χ4n) is 0.607. The van der Waals surface area contributed by atoms with Crippen molar-refractivity contribution in [2.24, 2.45) is 0 Å². The molecule has 0 saturated heterocycles. The first kappa shape index (κ1) is 13.2. The Morgan fingerprint density at radius 3 is 1.92 bits per heavy atom. The first-order valence-corrected chi connectivity index (χ1v) is 4.96. The summed E-state index contributed by atoms with van der Waals surface area (Å²) in [6, 6.07) is 5.73. The van der Waals surface area contributed by atoms with Gasteiger partial charge in [-0.1, -0.05) is 15.9 Å². The first-order valence-electron chi connectivity index (χ1n) is 2.73. The molecule has 1 aromatic rings. The third kappa shape index (κ3) is 3.97. The third-order valence-corrected chi connectivity index (χ3v) is 2.51. The summed E-state index contributed by atoms with van der Waals surface area (Å²) in [5.74, 6) is 0. The molecule has 6 heteroatoms. The second kappa shape index (κ2) is 5.21. The summed E-state index contributed by atoms with van der Waals surface area (Å²) >= 11 is 3.14. The van der Waals surface area contributed by atoms with Crippen molar-refractivity contribution in [2.45, 2.75) is 4.90 Å². The standard InChI is InChI=1S/C6H5BrO3S.K.H/c7-5-1-3-6(4-2-5)11(8,9)10;;/h1-4H,(H,8,9,10);;. The van der Waals surface area contributed by atoms with Gasteiger partial charge in [-0.3, -0.25) is 4.55 Å². The molecule has 0 aliphatic heterocycles. The van der Waals surface area contributed by atoms with Gasteiger partial charge in [0.05, 0.1) is 4.90 Å². The molecule has 1 N–H and O–H groups in total. The Morgan fingerprint density at radius 1 is 1.17 bits per heavy atom. The van der Waals surface area contributed by atoms with Crippen LogP contribution in [0.2, 0.25) is 0 Å². The van der Waals surface area contributed by atoms with Crippen LogP contribution in [0.4, 0.5) is 0 Å². The average Bonchev–Trinajstić information content (AvgIpc) is 1.86. The van der Waals surface area contributed by atoms with E-state index in [0.717, 1.165) is 4.47 Å². The zero-order valence-corrected chi connectivity index (χ0v) is 7.76. The summed E-state index contributed by atoms with van der Waals surface area (Å²) in [5.41, 5.74) is 0. The van der Waals surface area contributed by atoms with Crippen LogP contribution in [0.5, 0.6) is 0 Å². The van der Waals surface area contributed by atoms with E-state index >= 15 is 0 Å². The molecule has 3 nitrogen and oxygen atoms in total. The van der Waals surface area contributed by atoms with E-state index in [1.54, 1.807) is 12.1 Å². The Kier molecular flexibility index (Phi) is 5.75. The van der Waals surface area contributed by atoms with E-state index in [1.165, 1.54) is 12.1 Å². The third-order valence-electron chi connectivity index (χ3n) is 1.11. The van der Waals surface area contributed by atoms with Crippen molar-refractivity contribution < 1.29 is 13.0 Å². The zero-order chi connectivity index (χ0) is 8.48. The van der Waals surface area contributed by atoms with Gasteiger partial charge in [-0.15, -0.1) is 0 Å². The molecule has 12 heavy (non-hydrogen) atoms. The Labute approximate surface area is 122 Å². The normalized spacial score (nSPS) is 10.5. The molecule has 0 aliphatic rings. The number of hydrogen-bond donors (Lipinski definition) is 1.